The molecule has 0 spiro atoms. The van der Waals surface area contributed by atoms with Crippen molar-refractivity contribution in [1.29, 1.82) is 5.26 Å². The lowest BCUT2D eigenvalue weighted by Crippen LogP contribution is -2.49. The molecule has 0 radical (unpaired) electrons. The van der Waals surface area contributed by atoms with Crippen molar-refractivity contribution in [3.05, 3.63) is 54.2 Å². The fourth-order valence-electron chi connectivity index (χ4n) is 4.66. The van der Waals surface area contributed by atoms with E-state index in [-0.39, 0.29) is 6.10 Å². The number of fused-ring (bicyclic) bond motifs is 1. The van der Waals surface area contributed by atoms with Gasteiger partial charge in [-0.1, -0.05) is 57.5 Å². The van der Waals surface area contributed by atoms with Gasteiger partial charge in [0.15, 0.2) is 5.54 Å². The number of hydrogen-bond acceptors (Lipinski definition) is 3. The summed E-state index contributed by atoms with van der Waals surface area (Å²) in [6.45, 7) is 10.4. The van der Waals surface area contributed by atoms with Gasteiger partial charge in [-0.15, -0.1) is 6.58 Å². The SMILES string of the molecule is C=CCC1(C#N)c2ccccc2C=CN1C(=O)O[C@@H]1C[C@H](C)CC[C@H]1C(C)C. The number of benzene rings is 1. The van der Waals surface area contributed by atoms with Crippen LogP contribution in [0.3, 0.4) is 0 Å². The van der Waals surface area contributed by atoms with E-state index in [9.17, 15) is 10.1 Å². The molecule has 1 aliphatic carbocycles. The van der Waals surface area contributed by atoms with Crippen LogP contribution in [0.1, 0.15) is 57.6 Å². The van der Waals surface area contributed by atoms with Crippen LogP contribution in [0.2, 0.25) is 0 Å². The van der Waals surface area contributed by atoms with Gasteiger partial charge in [0, 0.05) is 18.2 Å². The van der Waals surface area contributed by atoms with E-state index < -0.39 is 11.6 Å². The third-order valence-corrected chi connectivity index (χ3v) is 6.26. The van der Waals surface area contributed by atoms with Crippen molar-refractivity contribution >= 4 is 12.2 Å². The molecule has 3 rings (SSSR count). The van der Waals surface area contributed by atoms with Crippen LogP contribution in [-0.4, -0.2) is 17.1 Å². The summed E-state index contributed by atoms with van der Waals surface area (Å²) in [5.74, 6) is 1.35. The molecule has 2 aliphatic rings. The quantitative estimate of drug-likeness (QED) is 0.616. The highest BCUT2D eigenvalue weighted by Crippen LogP contribution is 2.41. The van der Waals surface area contributed by atoms with Crippen molar-refractivity contribution in [3.63, 3.8) is 0 Å². The van der Waals surface area contributed by atoms with E-state index in [0.717, 1.165) is 24.0 Å². The highest BCUT2D eigenvalue weighted by Gasteiger charge is 2.45. The second-order valence-electron chi connectivity index (χ2n) is 8.49. The third-order valence-electron chi connectivity index (χ3n) is 6.26. The van der Waals surface area contributed by atoms with Crippen molar-refractivity contribution in [2.24, 2.45) is 17.8 Å². The highest BCUT2D eigenvalue weighted by atomic mass is 16.6. The van der Waals surface area contributed by atoms with Crippen LogP contribution >= 0.6 is 0 Å². The van der Waals surface area contributed by atoms with Crippen molar-refractivity contribution < 1.29 is 9.53 Å². The monoisotopic (exact) mass is 378 g/mol. The van der Waals surface area contributed by atoms with Crippen LogP contribution in [0.15, 0.2) is 43.1 Å². The first-order valence-electron chi connectivity index (χ1n) is 10.2. The average molecular weight is 379 g/mol. The molecule has 1 aliphatic heterocycles. The second-order valence-corrected chi connectivity index (χ2v) is 8.49. The summed E-state index contributed by atoms with van der Waals surface area (Å²) in [6, 6.07) is 10.1. The molecule has 1 unspecified atom stereocenters. The molecule has 1 amide bonds. The van der Waals surface area contributed by atoms with E-state index in [2.05, 4.69) is 33.4 Å². The van der Waals surface area contributed by atoms with Gasteiger partial charge in [-0.25, -0.2) is 4.79 Å². The van der Waals surface area contributed by atoms with Gasteiger partial charge >= 0.3 is 6.09 Å². The lowest BCUT2D eigenvalue weighted by Gasteiger charge is -2.42. The zero-order valence-corrected chi connectivity index (χ0v) is 17.1. The van der Waals surface area contributed by atoms with E-state index in [1.54, 1.807) is 12.3 Å². The van der Waals surface area contributed by atoms with Gasteiger partial charge in [-0.2, -0.15) is 5.26 Å². The average Bonchev–Trinajstić information content (AvgIpc) is 2.68. The molecule has 1 heterocycles. The second kappa shape index (κ2) is 8.22. The molecule has 4 nitrogen and oxygen atoms in total. The maximum atomic E-state index is 13.3. The van der Waals surface area contributed by atoms with Crippen LogP contribution in [0, 0.1) is 29.1 Å². The minimum Gasteiger partial charge on any atom is -0.446 e. The Labute approximate surface area is 168 Å². The Morgan fingerprint density at radius 3 is 2.86 bits per heavy atom. The van der Waals surface area contributed by atoms with Gasteiger partial charge in [0.1, 0.15) is 6.10 Å². The van der Waals surface area contributed by atoms with E-state index in [1.807, 2.05) is 30.3 Å². The Hall–Kier alpha value is -2.54. The van der Waals surface area contributed by atoms with E-state index in [4.69, 9.17) is 4.74 Å². The maximum Gasteiger partial charge on any atom is 0.415 e. The Morgan fingerprint density at radius 1 is 1.43 bits per heavy atom. The van der Waals surface area contributed by atoms with Crippen LogP contribution < -0.4 is 0 Å². The third kappa shape index (κ3) is 3.58. The summed E-state index contributed by atoms with van der Waals surface area (Å²) in [7, 11) is 0. The first-order chi connectivity index (χ1) is 13.4. The van der Waals surface area contributed by atoms with E-state index >= 15 is 0 Å². The largest absolute Gasteiger partial charge is 0.446 e. The molecule has 0 aromatic heterocycles. The Bertz CT molecular complexity index is 807. The molecule has 1 aromatic carbocycles. The molecular formula is C24H30N2O2. The molecule has 4 heteroatoms. The number of rotatable bonds is 4. The number of nitrogens with zero attached hydrogens (tertiary/aromatic N) is 2. The molecule has 148 valence electrons. The maximum absolute atomic E-state index is 13.3. The highest BCUT2D eigenvalue weighted by molar-refractivity contribution is 5.76. The zero-order chi connectivity index (χ0) is 20.3. The summed E-state index contributed by atoms with van der Waals surface area (Å²) in [4.78, 5) is 14.7. The van der Waals surface area contributed by atoms with Gasteiger partial charge in [0.05, 0.1) is 6.07 Å². The predicted molar refractivity (Wildman–Crippen MR) is 111 cm³/mol. The topological polar surface area (TPSA) is 53.3 Å². The lowest BCUT2D eigenvalue weighted by molar-refractivity contribution is -0.0136. The fourth-order valence-corrected chi connectivity index (χ4v) is 4.66. The molecule has 0 saturated heterocycles. The molecule has 0 N–H and O–H groups in total. The predicted octanol–water partition coefficient (Wildman–Crippen LogP) is 5.87. The van der Waals surface area contributed by atoms with Gasteiger partial charge in [-0.3, -0.25) is 4.90 Å². The molecule has 1 aromatic rings. The molecule has 1 fully saturated rings. The molecule has 0 bridgehead atoms. The van der Waals surface area contributed by atoms with Crippen molar-refractivity contribution in [3.8, 4) is 6.07 Å². The van der Waals surface area contributed by atoms with Crippen LogP contribution in [-0.2, 0) is 10.3 Å². The van der Waals surface area contributed by atoms with E-state index in [0.29, 0.717) is 24.2 Å². The summed E-state index contributed by atoms with van der Waals surface area (Å²) >= 11 is 0. The van der Waals surface area contributed by atoms with Crippen molar-refractivity contribution in [1.82, 2.24) is 4.90 Å². The minimum absolute atomic E-state index is 0.109. The number of hydrogen-bond donors (Lipinski definition) is 0. The Balaban J connectivity index is 1.92. The number of carbonyl (C=O) groups is 1. The van der Waals surface area contributed by atoms with Gasteiger partial charge in [0.2, 0.25) is 0 Å². The van der Waals surface area contributed by atoms with Crippen molar-refractivity contribution in [2.75, 3.05) is 0 Å². The van der Waals surface area contributed by atoms with Gasteiger partial charge in [0.25, 0.3) is 0 Å². The zero-order valence-electron chi connectivity index (χ0n) is 17.1. The number of carbonyl (C=O) groups excluding carboxylic acids is 1. The number of amides is 1. The van der Waals surface area contributed by atoms with Gasteiger partial charge < -0.3 is 4.74 Å². The summed E-state index contributed by atoms with van der Waals surface area (Å²) < 4.78 is 6.04. The Morgan fingerprint density at radius 2 is 2.18 bits per heavy atom. The van der Waals surface area contributed by atoms with Gasteiger partial charge in [-0.05, 0) is 42.2 Å². The molecular weight excluding hydrogens is 348 g/mol. The van der Waals surface area contributed by atoms with Crippen LogP contribution in [0.25, 0.3) is 6.08 Å². The standard InChI is InChI=1S/C24H30N2O2/c1-5-13-24(16-25)21-9-7-6-8-19(21)12-14-26(24)23(27)28-22-15-18(4)10-11-20(22)17(2)3/h5-9,12,14,17-18,20,22H,1,10-11,13,15H2,2-4H3/t18-,20+,22-,24?/m1/s1. The minimum atomic E-state index is -1.13. The molecule has 1 saturated carbocycles. The smallest absolute Gasteiger partial charge is 0.415 e. The Kier molecular flexibility index (Phi) is 5.93. The normalized spacial score (nSPS) is 29.1. The van der Waals surface area contributed by atoms with Crippen LogP contribution in [0.5, 0.6) is 0 Å². The van der Waals surface area contributed by atoms with Crippen molar-refractivity contribution in [2.45, 2.75) is 58.1 Å². The lowest BCUT2D eigenvalue weighted by atomic mass is 9.75. The molecule has 4 atom stereocenters. The summed E-state index contributed by atoms with van der Waals surface area (Å²) in [6.07, 6.45) is 8.17. The number of ether oxygens (including phenoxy) is 1. The number of nitriles is 1. The molecule has 28 heavy (non-hydrogen) atoms. The van der Waals surface area contributed by atoms with E-state index in [1.165, 1.54) is 11.3 Å². The first kappa shape index (κ1) is 20.2. The fraction of sp³-hybridized carbons (Fsp3) is 0.500. The van der Waals surface area contributed by atoms with Crippen LogP contribution in [0.4, 0.5) is 4.79 Å². The summed E-state index contributed by atoms with van der Waals surface area (Å²) in [5, 5.41) is 10.1. The first-order valence-corrected chi connectivity index (χ1v) is 10.2. The summed E-state index contributed by atoms with van der Waals surface area (Å²) in [5.41, 5.74) is 0.633.